The summed E-state index contributed by atoms with van der Waals surface area (Å²) in [4.78, 5) is 18.5. The van der Waals surface area contributed by atoms with Crippen LogP contribution in [0.4, 0.5) is 11.6 Å². The number of carbonyl (C=O) groups excluding carboxylic acids is 1. The zero-order valence-corrected chi connectivity index (χ0v) is 20.5. The SMILES string of the molecule is COc1ccccc1NC(=O)C1=C(C)Nc2nc(-c3ccccc3OC)nn2C1c1ccc(C#N)cc1. The third kappa shape index (κ3) is 4.36. The summed E-state index contributed by atoms with van der Waals surface area (Å²) in [5.41, 5.74) is 3.67. The average Bonchev–Trinajstić information content (AvgIpc) is 3.36. The molecule has 3 aromatic carbocycles. The second kappa shape index (κ2) is 9.87. The van der Waals surface area contributed by atoms with Crippen LogP contribution in [0.3, 0.4) is 0 Å². The zero-order valence-electron chi connectivity index (χ0n) is 20.5. The van der Waals surface area contributed by atoms with Crippen molar-refractivity contribution in [2.24, 2.45) is 0 Å². The normalized spacial score (nSPS) is 14.3. The molecular formula is C28H24N6O3. The first-order valence-electron chi connectivity index (χ1n) is 11.6. The van der Waals surface area contributed by atoms with E-state index in [1.165, 1.54) is 0 Å². The Balaban J connectivity index is 1.62. The van der Waals surface area contributed by atoms with Gasteiger partial charge >= 0.3 is 0 Å². The van der Waals surface area contributed by atoms with E-state index >= 15 is 0 Å². The summed E-state index contributed by atoms with van der Waals surface area (Å²) >= 11 is 0. The van der Waals surface area contributed by atoms with Crippen molar-refractivity contribution in [2.75, 3.05) is 24.9 Å². The van der Waals surface area contributed by atoms with Crippen LogP contribution in [-0.2, 0) is 4.79 Å². The van der Waals surface area contributed by atoms with E-state index in [9.17, 15) is 10.1 Å². The Morgan fingerprint density at radius 2 is 1.68 bits per heavy atom. The number of hydrogen-bond acceptors (Lipinski definition) is 7. The summed E-state index contributed by atoms with van der Waals surface area (Å²) in [5.74, 6) is 1.81. The van der Waals surface area contributed by atoms with Gasteiger partial charge in [0.1, 0.15) is 17.5 Å². The summed E-state index contributed by atoms with van der Waals surface area (Å²) in [6.45, 7) is 1.83. The van der Waals surface area contributed by atoms with E-state index in [2.05, 4.69) is 16.7 Å². The Kier molecular flexibility index (Phi) is 6.31. The van der Waals surface area contributed by atoms with Crippen molar-refractivity contribution in [2.45, 2.75) is 13.0 Å². The van der Waals surface area contributed by atoms with Gasteiger partial charge in [-0.1, -0.05) is 36.4 Å². The molecule has 0 fully saturated rings. The fraction of sp³-hybridized carbons (Fsp3) is 0.143. The minimum absolute atomic E-state index is 0.316. The van der Waals surface area contributed by atoms with Crippen LogP contribution in [0.15, 0.2) is 84.1 Å². The Labute approximate surface area is 214 Å². The van der Waals surface area contributed by atoms with Gasteiger partial charge in [-0.25, -0.2) is 4.68 Å². The Morgan fingerprint density at radius 3 is 2.38 bits per heavy atom. The number of allylic oxidation sites excluding steroid dienone is 1. The van der Waals surface area contributed by atoms with Crippen LogP contribution in [0.2, 0.25) is 0 Å². The Morgan fingerprint density at radius 1 is 1.00 bits per heavy atom. The van der Waals surface area contributed by atoms with E-state index in [0.29, 0.717) is 45.8 Å². The molecule has 0 saturated carbocycles. The summed E-state index contributed by atoms with van der Waals surface area (Å²) in [6.07, 6.45) is 0. The second-order valence-corrected chi connectivity index (χ2v) is 8.36. The zero-order chi connectivity index (χ0) is 25.9. The lowest BCUT2D eigenvalue weighted by atomic mass is 9.94. The first-order valence-corrected chi connectivity index (χ1v) is 11.6. The maximum absolute atomic E-state index is 13.7. The van der Waals surface area contributed by atoms with Crippen molar-refractivity contribution >= 4 is 17.5 Å². The largest absolute Gasteiger partial charge is 0.496 e. The van der Waals surface area contributed by atoms with Crippen LogP contribution in [-0.4, -0.2) is 34.9 Å². The Bertz CT molecular complexity index is 1550. The fourth-order valence-electron chi connectivity index (χ4n) is 4.37. The molecule has 1 aliphatic heterocycles. The molecule has 1 aliphatic rings. The fourth-order valence-corrected chi connectivity index (χ4v) is 4.37. The van der Waals surface area contributed by atoms with Crippen molar-refractivity contribution in [1.29, 1.82) is 5.26 Å². The lowest BCUT2D eigenvalue weighted by Gasteiger charge is -2.28. The molecule has 0 spiro atoms. The molecule has 0 saturated heterocycles. The molecule has 5 rings (SSSR count). The van der Waals surface area contributed by atoms with Crippen molar-refractivity contribution in [1.82, 2.24) is 14.8 Å². The average molecular weight is 493 g/mol. The number of methoxy groups -OCH3 is 2. The molecule has 37 heavy (non-hydrogen) atoms. The number of amides is 1. The maximum Gasteiger partial charge on any atom is 0.255 e. The molecule has 2 N–H and O–H groups in total. The van der Waals surface area contributed by atoms with E-state index < -0.39 is 6.04 Å². The number of ether oxygens (including phenoxy) is 2. The van der Waals surface area contributed by atoms with Crippen molar-refractivity contribution < 1.29 is 14.3 Å². The first-order chi connectivity index (χ1) is 18.0. The van der Waals surface area contributed by atoms with Crippen LogP contribution in [0.1, 0.15) is 24.1 Å². The number of nitriles is 1. The van der Waals surface area contributed by atoms with E-state index in [4.69, 9.17) is 19.6 Å². The van der Waals surface area contributed by atoms with Gasteiger partial charge in [0, 0.05) is 5.70 Å². The molecule has 0 bridgehead atoms. The molecule has 9 heteroatoms. The van der Waals surface area contributed by atoms with E-state index in [1.807, 2.05) is 55.5 Å². The molecule has 1 unspecified atom stereocenters. The number of nitrogens with zero attached hydrogens (tertiary/aromatic N) is 4. The van der Waals surface area contributed by atoms with Gasteiger partial charge in [0.05, 0.1) is 42.7 Å². The number of nitrogens with one attached hydrogen (secondary N) is 2. The lowest BCUT2D eigenvalue weighted by Crippen LogP contribution is -2.31. The number of benzene rings is 3. The van der Waals surface area contributed by atoms with Crippen molar-refractivity contribution in [3.63, 3.8) is 0 Å². The van der Waals surface area contributed by atoms with E-state index in [-0.39, 0.29) is 5.91 Å². The van der Waals surface area contributed by atoms with Crippen molar-refractivity contribution in [3.05, 3.63) is 95.2 Å². The molecule has 0 aliphatic carbocycles. The van der Waals surface area contributed by atoms with Gasteiger partial charge in [0.25, 0.3) is 5.91 Å². The summed E-state index contributed by atoms with van der Waals surface area (Å²) in [6, 6.07) is 23.3. The molecule has 0 radical (unpaired) electrons. The van der Waals surface area contributed by atoms with Crippen LogP contribution in [0.5, 0.6) is 11.5 Å². The molecule has 9 nitrogen and oxygen atoms in total. The predicted octanol–water partition coefficient (Wildman–Crippen LogP) is 4.76. The number of anilines is 2. The molecule has 1 atom stereocenters. The molecule has 184 valence electrons. The van der Waals surface area contributed by atoms with Gasteiger partial charge in [-0.3, -0.25) is 4.79 Å². The van der Waals surface area contributed by atoms with Gasteiger partial charge in [-0.05, 0) is 48.9 Å². The molecule has 2 heterocycles. The van der Waals surface area contributed by atoms with Gasteiger partial charge in [-0.15, -0.1) is 5.10 Å². The minimum Gasteiger partial charge on any atom is -0.496 e. The quantitative estimate of drug-likeness (QED) is 0.399. The summed E-state index contributed by atoms with van der Waals surface area (Å²) in [7, 11) is 3.15. The standard InChI is InChI=1S/C28H24N6O3/c1-17-24(27(35)31-21-9-5-7-11-23(21)37-3)25(19-14-12-18(16-29)13-15-19)34-28(30-17)32-26(33-34)20-8-4-6-10-22(20)36-2/h4-15,25H,1-3H3,(H,31,35)(H,30,32,33). The smallest absolute Gasteiger partial charge is 0.255 e. The monoisotopic (exact) mass is 492 g/mol. The van der Waals surface area contributed by atoms with Gasteiger partial charge in [0.2, 0.25) is 5.95 Å². The lowest BCUT2D eigenvalue weighted by molar-refractivity contribution is -0.113. The van der Waals surface area contributed by atoms with Crippen LogP contribution >= 0.6 is 0 Å². The first kappa shape index (κ1) is 23.6. The molecule has 1 aromatic heterocycles. The van der Waals surface area contributed by atoms with Crippen LogP contribution in [0.25, 0.3) is 11.4 Å². The minimum atomic E-state index is -0.602. The molecule has 4 aromatic rings. The van der Waals surface area contributed by atoms with Crippen LogP contribution in [0, 0.1) is 11.3 Å². The maximum atomic E-state index is 13.7. The third-order valence-electron chi connectivity index (χ3n) is 6.16. The van der Waals surface area contributed by atoms with Crippen LogP contribution < -0.4 is 20.1 Å². The number of aromatic nitrogens is 3. The van der Waals surface area contributed by atoms with Gasteiger partial charge in [-0.2, -0.15) is 10.2 Å². The number of carbonyl (C=O) groups is 1. The van der Waals surface area contributed by atoms with Crippen molar-refractivity contribution in [3.8, 4) is 29.0 Å². The molecular weight excluding hydrogens is 468 g/mol. The highest BCUT2D eigenvalue weighted by atomic mass is 16.5. The highest BCUT2D eigenvalue weighted by Crippen LogP contribution is 2.38. The third-order valence-corrected chi connectivity index (χ3v) is 6.16. The number of para-hydroxylation sites is 3. The highest BCUT2D eigenvalue weighted by molar-refractivity contribution is 6.06. The summed E-state index contributed by atoms with van der Waals surface area (Å²) < 4.78 is 12.6. The van der Waals surface area contributed by atoms with E-state index in [0.717, 1.165) is 11.1 Å². The summed E-state index contributed by atoms with van der Waals surface area (Å²) in [5, 5.41) is 20.3. The predicted molar refractivity (Wildman–Crippen MR) is 139 cm³/mol. The number of rotatable bonds is 6. The number of fused-ring (bicyclic) bond motifs is 1. The topological polar surface area (TPSA) is 114 Å². The molecule has 1 amide bonds. The second-order valence-electron chi connectivity index (χ2n) is 8.36. The van der Waals surface area contributed by atoms with Gasteiger partial charge in [0.15, 0.2) is 5.82 Å². The van der Waals surface area contributed by atoms with Gasteiger partial charge < -0.3 is 20.1 Å². The number of hydrogen-bond donors (Lipinski definition) is 2. The van der Waals surface area contributed by atoms with E-state index in [1.54, 1.807) is 43.2 Å². The highest BCUT2D eigenvalue weighted by Gasteiger charge is 2.35. The Hall–Kier alpha value is -5.10.